The molecule has 3 aromatic rings. The minimum Gasteiger partial charge on any atom is -0.426 e. The number of unbranched alkanes of at least 4 members (excludes halogenated alkanes) is 4. The summed E-state index contributed by atoms with van der Waals surface area (Å²) in [5.74, 6) is 0.628. The second-order valence-electron chi connectivity index (χ2n) is 7.38. The van der Waals surface area contributed by atoms with E-state index < -0.39 is 0 Å². The summed E-state index contributed by atoms with van der Waals surface area (Å²) < 4.78 is 5.70. The van der Waals surface area contributed by atoms with Crippen LogP contribution in [-0.4, -0.2) is 5.97 Å². The quantitative estimate of drug-likeness (QED) is 0.264. The van der Waals surface area contributed by atoms with Crippen LogP contribution in [0.3, 0.4) is 0 Å². The number of ether oxygens (including phenoxy) is 1. The van der Waals surface area contributed by atoms with E-state index >= 15 is 0 Å². The molecule has 0 aliphatic heterocycles. The Morgan fingerprint density at radius 1 is 0.889 bits per heavy atom. The van der Waals surface area contributed by atoms with Crippen LogP contribution >= 0.6 is 0 Å². The number of hydrogen-bond acceptors (Lipinski definition) is 2. The molecular formula is C25H26O2. The summed E-state index contributed by atoms with van der Waals surface area (Å²) in [6.45, 7) is 2.20. The first-order chi connectivity index (χ1) is 13.3. The van der Waals surface area contributed by atoms with Gasteiger partial charge in [0, 0.05) is 12.0 Å². The molecule has 0 aromatic heterocycles. The zero-order valence-electron chi connectivity index (χ0n) is 16.0. The Morgan fingerprint density at radius 3 is 2.59 bits per heavy atom. The number of esters is 1. The Morgan fingerprint density at radius 2 is 1.70 bits per heavy atom. The van der Waals surface area contributed by atoms with E-state index in [0.717, 1.165) is 30.6 Å². The Labute approximate surface area is 160 Å². The van der Waals surface area contributed by atoms with Gasteiger partial charge in [0.2, 0.25) is 0 Å². The second kappa shape index (κ2) is 7.96. The summed E-state index contributed by atoms with van der Waals surface area (Å²) in [4.78, 5) is 12.2. The van der Waals surface area contributed by atoms with Crippen LogP contribution in [0.5, 0.6) is 0 Å². The topological polar surface area (TPSA) is 26.3 Å². The van der Waals surface area contributed by atoms with Gasteiger partial charge in [0.05, 0.1) is 0 Å². The molecule has 0 heterocycles. The Balaban J connectivity index is 1.51. The molecule has 0 atom stereocenters. The average molecular weight is 358 g/mol. The normalized spacial score (nSPS) is 13.0. The van der Waals surface area contributed by atoms with Gasteiger partial charge in [0.1, 0.15) is 5.76 Å². The van der Waals surface area contributed by atoms with Crippen molar-refractivity contribution in [1.29, 1.82) is 0 Å². The molecule has 2 heteroatoms. The maximum absolute atomic E-state index is 12.2. The average Bonchev–Trinajstić information content (AvgIpc) is 3.10. The molecule has 0 unspecified atom stereocenters. The number of benzene rings is 3. The van der Waals surface area contributed by atoms with Gasteiger partial charge >= 0.3 is 5.97 Å². The lowest BCUT2D eigenvalue weighted by molar-refractivity contribution is -0.136. The van der Waals surface area contributed by atoms with E-state index in [1.165, 1.54) is 46.4 Å². The van der Waals surface area contributed by atoms with Crippen LogP contribution in [0.25, 0.3) is 27.3 Å². The zero-order chi connectivity index (χ0) is 18.6. The molecule has 0 amide bonds. The van der Waals surface area contributed by atoms with Crippen molar-refractivity contribution in [1.82, 2.24) is 0 Å². The highest BCUT2D eigenvalue weighted by Gasteiger charge is 2.20. The third kappa shape index (κ3) is 3.62. The molecule has 4 rings (SSSR count). The molecule has 138 valence electrons. The van der Waals surface area contributed by atoms with Crippen LogP contribution < -0.4 is 0 Å². The molecule has 27 heavy (non-hydrogen) atoms. The van der Waals surface area contributed by atoms with Gasteiger partial charge < -0.3 is 4.74 Å². The van der Waals surface area contributed by atoms with Crippen molar-refractivity contribution in [3.8, 4) is 0 Å². The molecule has 0 radical (unpaired) electrons. The minimum absolute atomic E-state index is 0.107. The Kier molecular flexibility index (Phi) is 5.24. The number of fused-ring (bicyclic) bond motifs is 5. The van der Waals surface area contributed by atoms with Gasteiger partial charge in [-0.05, 0) is 46.0 Å². The molecule has 0 fully saturated rings. The third-order valence-electron chi connectivity index (χ3n) is 5.50. The summed E-state index contributed by atoms with van der Waals surface area (Å²) in [5.41, 5.74) is 2.33. The largest absolute Gasteiger partial charge is 0.426 e. The maximum Gasteiger partial charge on any atom is 0.311 e. The molecular weight excluding hydrogens is 332 g/mol. The van der Waals surface area contributed by atoms with Crippen LogP contribution in [0.4, 0.5) is 0 Å². The van der Waals surface area contributed by atoms with E-state index in [9.17, 15) is 4.79 Å². The summed E-state index contributed by atoms with van der Waals surface area (Å²) in [6, 6.07) is 17.1. The lowest BCUT2D eigenvalue weighted by Gasteiger charge is -2.11. The van der Waals surface area contributed by atoms with Crippen LogP contribution in [0, 0.1) is 0 Å². The van der Waals surface area contributed by atoms with Crippen LogP contribution in [0.2, 0.25) is 0 Å². The fourth-order valence-corrected chi connectivity index (χ4v) is 4.05. The molecule has 0 spiro atoms. The van der Waals surface area contributed by atoms with Crippen molar-refractivity contribution >= 4 is 33.3 Å². The van der Waals surface area contributed by atoms with Gasteiger partial charge in [0.25, 0.3) is 0 Å². The van der Waals surface area contributed by atoms with E-state index in [0.29, 0.717) is 6.42 Å². The van der Waals surface area contributed by atoms with Crippen LogP contribution in [0.1, 0.15) is 56.6 Å². The second-order valence-corrected chi connectivity index (χ2v) is 7.38. The smallest absolute Gasteiger partial charge is 0.311 e. The van der Waals surface area contributed by atoms with Crippen molar-refractivity contribution < 1.29 is 9.53 Å². The van der Waals surface area contributed by atoms with Gasteiger partial charge in [-0.25, -0.2) is 0 Å². The molecule has 1 aliphatic carbocycles. The molecule has 0 saturated heterocycles. The van der Waals surface area contributed by atoms with Crippen molar-refractivity contribution in [2.75, 3.05) is 0 Å². The first-order valence-electron chi connectivity index (χ1n) is 10.1. The molecule has 1 aliphatic rings. The van der Waals surface area contributed by atoms with Gasteiger partial charge in [0.15, 0.2) is 0 Å². The number of allylic oxidation sites excluding steroid dienone is 1. The lowest BCUT2D eigenvalue weighted by Crippen LogP contribution is -2.03. The number of carbonyl (C=O) groups excluding carboxylic acids is 1. The van der Waals surface area contributed by atoms with Gasteiger partial charge in [-0.15, -0.1) is 0 Å². The molecule has 2 nitrogen and oxygen atoms in total. The standard InChI is InChI=1S/C25H26O2/c1-2-3-4-5-6-11-25(26)27-24-17-16-22-21-13-12-18-9-7-8-10-19(18)20(21)14-15-23(22)24/h7-10,12-15,17H,2-6,11,16H2,1H3. The van der Waals surface area contributed by atoms with E-state index in [-0.39, 0.29) is 5.97 Å². The Bertz CT molecular complexity index is 1010. The van der Waals surface area contributed by atoms with E-state index in [1.807, 2.05) is 6.08 Å². The zero-order valence-corrected chi connectivity index (χ0v) is 16.0. The van der Waals surface area contributed by atoms with Crippen LogP contribution in [0.15, 0.2) is 54.6 Å². The van der Waals surface area contributed by atoms with Crippen LogP contribution in [-0.2, 0) is 16.0 Å². The summed E-state index contributed by atoms with van der Waals surface area (Å²) in [5, 5.41) is 5.05. The summed E-state index contributed by atoms with van der Waals surface area (Å²) >= 11 is 0. The fourth-order valence-electron chi connectivity index (χ4n) is 4.05. The van der Waals surface area contributed by atoms with Gasteiger partial charge in [-0.1, -0.05) is 81.1 Å². The first-order valence-corrected chi connectivity index (χ1v) is 10.1. The van der Waals surface area contributed by atoms with E-state index in [1.54, 1.807) is 0 Å². The molecule has 0 saturated carbocycles. The minimum atomic E-state index is -0.107. The van der Waals surface area contributed by atoms with Crippen molar-refractivity contribution in [3.63, 3.8) is 0 Å². The van der Waals surface area contributed by atoms with Crippen molar-refractivity contribution in [2.24, 2.45) is 0 Å². The Hall–Kier alpha value is -2.61. The monoisotopic (exact) mass is 358 g/mol. The number of rotatable bonds is 7. The molecule has 0 bridgehead atoms. The van der Waals surface area contributed by atoms with Gasteiger partial charge in [-0.2, -0.15) is 0 Å². The highest BCUT2D eigenvalue weighted by Crippen LogP contribution is 2.36. The first kappa shape index (κ1) is 17.8. The van der Waals surface area contributed by atoms with Crippen molar-refractivity contribution in [3.05, 3.63) is 65.7 Å². The van der Waals surface area contributed by atoms with E-state index in [4.69, 9.17) is 4.74 Å². The SMILES string of the molecule is CCCCCCCC(=O)OC1=CCc2c1ccc1c2ccc2ccccc21. The van der Waals surface area contributed by atoms with Crippen molar-refractivity contribution in [2.45, 2.75) is 51.9 Å². The highest BCUT2D eigenvalue weighted by atomic mass is 16.5. The highest BCUT2D eigenvalue weighted by molar-refractivity contribution is 6.09. The molecule has 0 N–H and O–H groups in total. The predicted molar refractivity (Wildman–Crippen MR) is 113 cm³/mol. The number of carbonyl (C=O) groups is 1. The fraction of sp³-hybridized carbons (Fsp3) is 0.320. The lowest BCUT2D eigenvalue weighted by atomic mass is 9.96. The maximum atomic E-state index is 12.2. The summed E-state index contributed by atoms with van der Waals surface area (Å²) in [7, 11) is 0. The van der Waals surface area contributed by atoms with Gasteiger partial charge in [-0.3, -0.25) is 4.79 Å². The number of hydrogen-bond donors (Lipinski definition) is 0. The molecule has 3 aromatic carbocycles. The predicted octanol–water partition coefficient (Wildman–Crippen LogP) is 6.79. The van der Waals surface area contributed by atoms with E-state index in [2.05, 4.69) is 55.5 Å². The third-order valence-corrected chi connectivity index (χ3v) is 5.50. The summed E-state index contributed by atoms with van der Waals surface area (Å²) in [6.07, 6.45) is 9.08.